The fraction of sp³-hybridized carbons (Fsp3) is 0.250. The summed E-state index contributed by atoms with van der Waals surface area (Å²) in [6.07, 6.45) is 6.64. The van der Waals surface area contributed by atoms with Crippen LogP contribution in [-0.2, 0) is 0 Å². The van der Waals surface area contributed by atoms with Crippen molar-refractivity contribution in [3.05, 3.63) is 81.4 Å². The first-order valence-electron chi connectivity index (χ1n) is 9.64. The van der Waals surface area contributed by atoms with Crippen molar-refractivity contribution in [2.24, 2.45) is 5.73 Å². The number of hydrogen-bond donors (Lipinski definition) is 2. The molecule has 0 fully saturated rings. The second-order valence-electron chi connectivity index (χ2n) is 7.48. The van der Waals surface area contributed by atoms with Crippen molar-refractivity contribution in [3.63, 3.8) is 0 Å². The van der Waals surface area contributed by atoms with Crippen molar-refractivity contribution in [2.75, 3.05) is 12.4 Å². The van der Waals surface area contributed by atoms with E-state index in [1.165, 1.54) is 27.5 Å². The lowest BCUT2D eigenvalue weighted by atomic mass is 9.87. The molecule has 1 aromatic heterocycles. The van der Waals surface area contributed by atoms with Gasteiger partial charge < -0.3 is 11.6 Å². The quantitative estimate of drug-likeness (QED) is 0.706. The Labute approximate surface area is 160 Å². The normalized spacial score (nSPS) is 14.2. The molecule has 4 N–H and O–H groups in total. The Morgan fingerprint density at radius 2 is 1.48 bits per heavy atom. The van der Waals surface area contributed by atoms with Gasteiger partial charge in [-0.1, -0.05) is 71.8 Å². The molecule has 27 heavy (non-hydrogen) atoms. The number of hydrogen-bond acceptors (Lipinski definition) is 2. The zero-order valence-corrected chi connectivity index (χ0v) is 16.1. The van der Waals surface area contributed by atoms with Gasteiger partial charge in [0.2, 0.25) is 0 Å². The lowest BCUT2D eigenvalue weighted by molar-refractivity contribution is 0.814. The largest absolute Gasteiger partial charge is 0.339 e. The second kappa shape index (κ2) is 7.09. The van der Waals surface area contributed by atoms with E-state index < -0.39 is 0 Å². The third kappa shape index (κ3) is 3.08. The maximum atomic E-state index is 6.61. The molecule has 3 aromatic rings. The van der Waals surface area contributed by atoms with Gasteiger partial charge >= 0.3 is 0 Å². The maximum Gasteiger partial charge on any atom is 0.0741 e. The zero-order chi connectivity index (χ0) is 19.0. The minimum absolute atomic E-state index is 0.114. The number of rotatable bonds is 4. The summed E-state index contributed by atoms with van der Waals surface area (Å²) in [7, 11) is 0. The van der Waals surface area contributed by atoms with E-state index >= 15 is 0 Å². The first-order valence-corrected chi connectivity index (χ1v) is 9.64. The lowest BCUT2D eigenvalue weighted by Gasteiger charge is -2.18. The van der Waals surface area contributed by atoms with Crippen LogP contribution in [0.3, 0.4) is 0 Å². The third-order valence-corrected chi connectivity index (χ3v) is 5.56. The SMILES string of the molecule is Cc1ccc(-c2c(C(CN)c3ccc(C)cc3)c3c(n2N)=CCCC=3)cc1. The van der Waals surface area contributed by atoms with Gasteiger partial charge in [0, 0.05) is 23.2 Å². The number of nitrogens with two attached hydrogens (primary N) is 2. The molecular weight excluding hydrogens is 330 g/mol. The van der Waals surface area contributed by atoms with Gasteiger partial charge in [0.25, 0.3) is 0 Å². The van der Waals surface area contributed by atoms with Gasteiger partial charge in [-0.05, 0) is 37.8 Å². The molecule has 0 saturated heterocycles. The lowest BCUT2D eigenvalue weighted by Crippen LogP contribution is -2.36. The Bertz CT molecular complexity index is 1070. The topological polar surface area (TPSA) is 57.0 Å². The van der Waals surface area contributed by atoms with Crippen LogP contribution in [0.1, 0.15) is 41.0 Å². The van der Waals surface area contributed by atoms with Crippen molar-refractivity contribution in [3.8, 4) is 11.3 Å². The van der Waals surface area contributed by atoms with E-state index in [4.69, 9.17) is 11.6 Å². The van der Waals surface area contributed by atoms with Crippen molar-refractivity contribution >= 4 is 12.2 Å². The number of fused-ring (bicyclic) bond motifs is 1. The summed E-state index contributed by atoms with van der Waals surface area (Å²) in [6.45, 7) is 4.76. The molecule has 1 unspecified atom stereocenters. The Morgan fingerprint density at radius 3 is 2.11 bits per heavy atom. The molecule has 0 amide bonds. The number of aryl methyl sites for hydroxylation is 2. The molecule has 0 bridgehead atoms. The summed E-state index contributed by atoms with van der Waals surface area (Å²) >= 11 is 0. The van der Waals surface area contributed by atoms with Crippen LogP contribution in [0, 0.1) is 13.8 Å². The first kappa shape index (κ1) is 17.6. The van der Waals surface area contributed by atoms with E-state index in [2.05, 4.69) is 74.5 Å². The molecule has 0 radical (unpaired) electrons. The van der Waals surface area contributed by atoms with Crippen LogP contribution < -0.4 is 22.1 Å². The van der Waals surface area contributed by atoms with Crippen LogP contribution in [0.5, 0.6) is 0 Å². The van der Waals surface area contributed by atoms with Crippen LogP contribution in [0.2, 0.25) is 0 Å². The van der Waals surface area contributed by atoms with Gasteiger partial charge in [0.05, 0.1) is 11.0 Å². The Balaban J connectivity index is 2.01. The van der Waals surface area contributed by atoms with Crippen LogP contribution in [0.25, 0.3) is 23.4 Å². The molecule has 0 saturated carbocycles. The van der Waals surface area contributed by atoms with Gasteiger partial charge in [-0.2, -0.15) is 0 Å². The highest BCUT2D eigenvalue weighted by molar-refractivity contribution is 5.69. The second-order valence-corrected chi connectivity index (χ2v) is 7.48. The van der Waals surface area contributed by atoms with Crippen molar-refractivity contribution in [2.45, 2.75) is 32.6 Å². The summed E-state index contributed by atoms with van der Waals surface area (Å²) in [5, 5.41) is 2.35. The highest BCUT2D eigenvalue weighted by Gasteiger charge is 2.24. The number of nitrogens with zero attached hydrogens (tertiary/aromatic N) is 1. The van der Waals surface area contributed by atoms with E-state index in [1.807, 2.05) is 4.68 Å². The van der Waals surface area contributed by atoms with Gasteiger partial charge in [-0.3, -0.25) is 4.68 Å². The zero-order valence-electron chi connectivity index (χ0n) is 16.1. The molecule has 0 aliphatic heterocycles. The van der Waals surface area contributed by atoms with Gasteiger partial charge in [0.1, 0.15) is 0 Å². The average molecular weight is 358 g/mol. The minimum Gasteiger partial charge on any atom is -0.339 e. The predicted molar refractivity (Wildman–Crippen MR) is 114 cm³/mol. The first-order chi connectivity index (χ1) is 13.1. The molecule has 1 atom stereocenters. The Kier molecular flexibility index (Phi) is 4.63. The molecule has 3 nitrogen and oxygen atoms in total. The van der Waals surface area contributed by atoms with Crippen molar-refractivity contribution in [1.29, 1.82) is 0 Å². The highest BCUT2D eigenvalue weighted by atomic mass is 15.3. The highest BCUT2D eigenvalue weighted by Crippen LogP contribution is 2.30. The maximum absolute atomic E-state index is 6.61. The van der Waals surface area contributed by atoms with E-state index in [1.54, 1.807) is 0 Å². The fourth-order valence-corrected chi connectivity index (χ4v) is 4.09. The number of aromatic nitrogens is 1. The molecule has 4 rings (SSSR count). The number of nitrogen functional groups attached to an aromatic ring is 1. The van der Waals surface area contributed by atoms with E-state index in [0.29, 0.717) is 6.54 Å². The standard InChI is InChI=1S/C24H27N3/c1-16-7-11-18(12-8-16)21(15-25)23-20-5-3-4-6-22(20)27(26)24(23)19-13-9-17(2)10-14-19/h5-14,21H,3-4,15,25-26H2,1-2H3. The molecule has 1 aliphatic rings. The summed E-state index contributed by atoms with van der Waals surface area (Å²) in [5.41, 5.74) is 13.5. The van der Waals surface area contributed by atoms with Crippen LogP contribution in [0.4, 0.5) is 0 Å². The van der Waals surface area contributed by atoms with E-state index in [0.717, 1.165) is 29.4 Å². The molecule has 2 aromatic carbocycles. The monoisotopic (exact) mass is 357 g/mol. The fourth-order valence-electron chi connectivity index (χ4n) is 4.09. The minimum atomic E-state index is 0.114. The van der Waals surface area contributed by atoms with E-state index in [-0.39, 0.29) is 5.92 Å². The van der Waals surface area contributed by atoms with Crippen molar-refractivity contribution in [1.82, 2.24) is 4.68 Å². The predicted octanol–water partition coefficient (Wildman–Crippen LogP) is 2.93. The molecule has 0 spiro atoms. The number of benzene rings is 2. The molecule has 1 heterocycles. The smallest absolute Gasteiger partial charge is 0.0741 e. The van der Waals surface area contributed by atoms with Crippen LogP contribution in [-0.4, -0.2) is 11.2 Å². The summed E-state index contributed by atoms with van der Waals surface area (Å²) in [4.78, 5) is 0. The molecule has 3 heteroatoms. The molecular formula is C24H27N3. The molecule has 138 valence electrons. The molecule has 1 aliphatic carbocycles. The van der Waals surface area contributed by atoms with E-state index in [9.17, 15) is 0 Å². The van der Waals surface area contributed by atoms with Gasteiger partial charge in [-0.25, -0.2) is 0 Å². The summed E-state index contributed by atoms with van der Waals surface area (Å²) < 4.78 is 1.86. The summed E-state index contributed by atoms with van der Waals surface area (Å²) in [6, 6.07) is 17.3. The average Bonchev–Trinajstić information content (AvgIpc) is 2.98. The van der Waals surface area contributed by atoms with Crippen LogP contribution >= 0.6 is 0 Å². The van der Waals surface area contributed by atoms with Gasteiger partial charge in [0.15, 0.2) is 0 Å². The van der Waals surface area contributed by atoms with Gasteiger partial charge in [-0.15, -0.1) is 0 Å². The third-order valence-electron chi connectivity index (χ3n) is 5.56. The summed E-state index contributed by atoms with van der Waals surface area (Å²) in [5.74, 6) is 6.73. The Hall–Kier alpha value is -2.78. The Morgan fingerprint density at radius 1 is 0.889 bits per heavy atom. The van der Waals surface area contributed by atoms with Crippen LogP contribution in [0.15, 0.2) is 48.5 Å². The van der Waals surface area contributed by atoms with Crippen molar-refractivity contribution < 1.29 is 0 Å².